The molecule has 0 bridgehead atoms. The summed E-state index contributed by atoms with van der Waals surface area (Å²) < 4.78 is 0. The van der Waals surface area contributed by atoms with E-state index in [0.29, 0.717) is 0 Å². The maximum atomic E-state index is 2.28. The van der Waals surface area contributed by atoms with Crippen molar-refractivity contribution >= 4 is 21.5 Å². The molecular formula is C22H18. The highest BCUT2D eigenvalue weighted by Crippen LogP contribution is 2.34. The summed E-state index contributed by atoms with van der Waals surface area (Å²) in [7, 11) is 0. The molecule has 0 aliphatic heterocycles. The van der Waals surface area contributed by atoms with Crippen LogP contribution in [0.1, 0.15) is 11.1 Å². The van der Waals surface area contributed by atoms with E-state index in [1.807, 2.05) is 0 Å². The van der Waals surface area contributed by atoms with Gasteiger partial charge in [0.1, 0.15) is 0 Å². The van der Waals surface area contributed by atoms with Gasteiger partial charge in [0.05, 0.1) is 0 Å². The Hall–Kier alpha value is -2.60. The van der Waals surface area contributed by atoms with Gasteiger partial charge in [0.2, 0.25) is 0 Å². The number of rotatable bonds is 1. The lowest BCUT2D eigenvalue weighted by Crippen LogP contribution is -1.86. The van der Waals surface area contributed by atoms with Crippen molar-refractivity contribution in [1.82, 2.24) is 0 Å². The van der Waals surface area contributed by atoms with Crippen LogP contribution in [0.3, 0.4) is 0 Å². The Balaban J connectivity index is 2.15. The molecule has 0 aromatic heterocycles. The Bertz CT molecular complexity index is 973. The van der Waals surface area contributed by atoms with E-state index in [-0.39, 0.29) is 0 Å². The molecular weight excluding hydrogens is 264 g/mol. The first-order chi connectivity index (χ1) is 10.7. The van der Waals surface area contributed by atoms with Crippen LogP contribution in [0.4, 0.5) is 0 Å². The maximum Gasteiger partial charge on any atom is -0.00268 e. The normalized spacial score (nSPS) is 11.2. The minimum atomic E-state index is 1.30. The molecule has 0 heteroatoms. The van der Waals surface area contributed by atoms with Crippen molar-refractivity contribution in [2.24, 2.45) is 0 Å². The Kier molecular flexibility index (Phi) is 2.97. The van der Waals surface area contributed by atoms with Crippen LogP contribution in [0.5, 0.6) is 0 Å². The quantitative estimate of drug-likeness (QED) is 0.360. The van der Waals surface area contributed by atoms with Crippen LogP contribution in [0, 0.1) is 13.8 Å². The summed E-state index contributed by atoms with van der Waals surface area (Å²) >= 11 is 0. The monoisotopic (exact) mass is 282 g/mol. The molecule has 0 heterocycles. The SMILES string of the molecule is Cc1cc(C)cc(-c2cccc3ccc4ccccc4c23)c1. The second kappa shape index (κ2) is 4.99. The smallest absolute Gasteiger partial charge is 0.00268 e. The average Bonchev–Trinajstić information content (AvgIpc) is 2.53. The predicted octanol–water partition coefficient (Wildman–Crippen LogP) is 6.28. The summed E-state index contributed by atoms with van der Waals surface area (Å²) in [5.41, 5.74) is 5.25. The van der Waals surface area contributed by atoms with E-state index in [4.69, 9.17) is 0 Å². The molecule has 0 N–H and O–H groups in total. The molecule has 0 aliphatic rings. The summed E-state index contributed by atoms with van der Waals surface area (Å²) in [6, 6.07) is 26.5. The lowest BCUT2D eigenvalue weighted by atomic mass is 9.92. The molecule has 106 valence electrons. The summed E-state index contributed by atoms with van der Waals surface area (Å²) in [5.74, 6) is 0. The van der Waals surface area contributed by atoms with Crippen molar-refractivity contribution in [3.8, 4) is 11.1 Å². The third-order valence-corrected chi connectivity index (χ3v) is 4.30. The highest BCUT2D eigenvalue weighted by Gasteiger charge is 2.08. The molecule has 0 nitrogen and oxygen atoms in total. The Labute approximate surface area is 131 Å². The molecule has 0 saturated carbocycles. The lowest BCUT2D eigenvalue weighted by Gasteiger charge is -2.12. The van der Waals surface area contributed by atoms with Crippen molar-refractivity contribution in [1.29, 1.82) is 0 Å². The van der Waals surface area contributed by atoms with Crippen LogP contribution in [0.25, 0.3) is 32.7 Å². The van der Waals surface area contributed by atoms with Gasteiger partial charge in [0.15, 0.2) is 0 Å². The van der Waals surface area contributed by atoms with Gasteiger partial charge in [-0.15, -0.1) is 0 Å². The van der Waals surface area contributed by atoms with Crippen molar-refractivity contribution in [3.63, 3.8) is 0 Å². The molecule has 0 spiro atoms. The van der Waals surface area contributed by atoms with E-state index in [1.165, 1.54) is 43.8 Å². The van der Waals surface area contributed by atoms with Gasteiger partial charge >= 0.3 is 0 Å². The number of hydrogen-bond donors (Lipinski definition) is 0. The first-order valence-corrected chi connectivity index (χ1v) is 7.71. The van der Waals surface area contributed by atoms with E-state index < -0.39 is 0 Å². The van der Waals surface area contributed by atoms with Gasteiger partial charge in [-0.3, -0.25) is 0 Å². The molecule has 0 fully saturated rings. The summed E-state index contributed by atoms with van der Waals surface area (Å²) in [5, 5.41) is 5.28. The topological polar surface area (TPSA) is 0 Å². The van der Waals surface area contributed by atoms with Crippen molar-refractivity contribution in [2.75, 3.05) is 0 Å². The van der Waals surface area contributed by atoms with Crippen molar-refractivity contribution in [2.45, 2.75) is 13.8 Å². The molecule has 0 unspecified atom stereocenters. The zero-order valence-corrected chi connectivity index (χ0v) is 12.9. The van der Waals surface area contributed by atoms with Gasteiger partial charge in [-0.05, 0) is 46.5 Å². The zero-order valence-electron chi connectivity index (χ0n) is 12.9. The molecule has 0 radical (unpaired) electrons. The minimum absolute atomic E-state index is 1.30. The Morgan fingerprint density at radius 3 is 2.09 bits per heavy atom. The van der Waals surface area contributed by atoms with Crippen LogP contribution in [-0.2, 0) is 0 Å². The molecule has 4 aromatic rings. The summed E-state index contributed by atoms with van der Waals surface area (Å²) in [6.45, 7) is 4.33. The van der Waals surface area contributed by atoms with E-state index in [9.17, 15) is 0 Å². The zero-order chi connectivity index (χ0) is 15.1. The molecule has 0 saturated heterocycles. The van der Waals surface area contributed by atoms with Crippen LogP contribution in [0.2, 0.25) is 0 Å². The highest BCUT2D eigenvalue weighted by atomic mass is 14.1. The van der Waals surface area contributed by atoms with E-state index >= 15 is 0 Å². The number of benzene rings is 4. The number of fused-ring (bicyclic) bond motifs is 3. The van der Waals surface area contributed by atoms with Crippen molar-refractivity contribution < 1.29 is 0 Å². The van der Waals surface area contributed by atoms with E-state index in [0.717, 1.165) is 0 Å². The standard InChI is InChI=1S/C22H18/c1-15-12-16(2)14-19(13-15)21-9-5-7-18-11-10-17-6-3-4-8-20(17)22(18)21/h3-14H,1-2H3. The Morgan fingerprint density at radius 2 is 1.27 bits per heavy atom. The second-order valence-electron chi connectivity index (χ2n) is 6.07. The molecule has 4 aromatic carbocycles. The predicted molar refractivity (Wildman–Crippen MR) is 96.4 cm³/mol. The van der Waals surface area contributed by atoms with E-state index in [1.54, 1.807) is 0 Å². The fraction of sp³-hybridized carbons (Fsp3) is 0.0909. The summed E-state index contributed by atoms with van der Waals surface area (Å²) in [6.07, 6.45) is 0. The maximum absolute atomic E-state index is 2.28. The average molecular weight is 282 g/mol. The van der Waals surface area contributed by atoms with Gasteiger partial charge in [0, 0.05) is 0 Å². The van der Waals surface area contributed by atoms with Crippen LogP contribution in [-0.4, -0.2) is 0 Å². The second-order valence-corrected chi connectivity index (χ2v) is 6.07. The van der Waals surface area contributed by atoms with Crippen molar-refractivity contribution in [3.05, 3.63) is 83.9 Å². The molecule has 0 atom stereocenters. The summed E-state index contributed by atoms with van der Waals surface area (Å²) in [4.78, 5) is 0. The van der Waals surface area contributed by atoms with Crippen LogP contribution in [0.15, 0.2) is 72.8 Å². The first kappa shape index (κ1) is 13.1. The van der Waals surface area contributed by atoms with Gasteiger partial charge in [0.25, 0.3) is 0 Å². The lowest BCUT2D eigenvalue weighted by molar-refractivity contribution is 1.39. The van der Waals surface area contributed by atoms with E-state index in [2.05, 4.69) is 86.6 Å². The third-order valence-electron chi connectivity index (χ3n) is 4.30. The van der Waals surface area contributed by atoms with Gasteiger partial charge in [-0.25, -0.2) is 0 Å². The number of aryl methyl sites for hydroxylation is 2. The molecule has 0 aliphatic carbocycles. The van der Waals surface area contributed by atoms with Crippen LogP contribution >= 0.6 is 0 Å². The van der Waals surface area contributed by atoms with Gasteiger partial charge < -0.3 is 0 Å². The number of hydrogen-bond acceptors (Lipinski definition) is 0. The Morgan fingerprint density at radius 1 is 0.591 bits per heavy atom. The fourth-order valence-corrected chi connectivity index (χ4v) is 3.43. The fourth-order valence-electron chi connectivity index (χ4n) is 3.43. The largest absolute Gasteiger partial charge is 0.0616 e. The first-order valence-electron chi connectivity index (χ1n) is 7.71. The highest BCUT2D eigenvalue weighted by molar-refractivity contribution is 6.14. The molecule has 22 heavy (non-hydrogen) atoms. The van der Waals surface area contributed by atoms with Crippen LogP contribution < -0.4 is 0 Å². The molecule has 4 rings (SSSR count). The van der Waals surface area contributed by atoms with Gasteiger partial charge in [-0.1, -0.05) is 83.9 Å². The molecule has 0 amide bonds. The third kappa shape index (κ3) is 2.08. The van der Waals surface area contributed by atoms with Gasteiger partial charge in [-0.2, -0.15) is 0 Å². The minimum Gasteiger partial charge on any atom is -0.0616 e.